The van der Waals surface area contributed by atoms with E-state index in [2.05, 4.69) is 41.2 Å². The molecule has 3 unspecified atom stereocenters. The molecule has 0 aliphatic rings. The predicted molar refractivity (Wildman–Crippen MR) is 103 cm³/mol. The van der Waals surface area contributed by atoms with Gasteiger partial charge in [0.15, 0.2) is 0 Å². The first-order valence-electron chi connectivity index (χ1n) is 8.05. The average Bonchev–Trinajstić information content (AvgIpc) is 2.62. The van der Waals surface area contributed by atoms with Crippen LogP contribution in [0.15, 0.2) is 0 Å². The van der Waals surface area contributed by atoms with Gasteiger partial charge in [-0.15, -0.1) is 0 Å². The van der Waals surface area contributed by atoms with E-state index in [0.29, 0.717) is 19.4 Å². The summed E-state index contributed by atoms with van der Waals surface area (Å²) in [6, 6.07) is -3.13. The van der Waals surface area contributed by atoms with Crippen LogP contribution in [0.2, 0.25) is 0 Å². The Morgan fingerprint density at radius 1 is 0.846 bits per heavy atom. The number of hydrogen-bond acceptors (Lipinski definition) is 8. The normalized spacial score (nSPS) is 14.0. The van der Waals surface area contributed by atoms with E-state index in [9.17, 15) is 19.2 Å². The number of unbranched alkanes of at least 4 members (excludes halogenated alkanes) is 1. The molecule has 0 aromatic rings. The first-order chi connectivity index (χ1) is 12.3. The molecule has 26 heavy (non-hydrogen) atoms. The van der Waals surface area contributed by atoms with E-state index in [1.165, 1.54) is 0 Å². The Morgan fingerprint density at radius 3 is 1.85 bits per heavy atom. The Hall–Kier alpha value is -1.50. The highest BCUT2D eigenvalue weighted by atomic mass is 32.1. The summed E-state index contributed by atoms with van der Waals surface area (Å²) < 4.78 is 0. The van der Waals surface area contributed by atoms with Crippen molar-refractivity contribution in [3.63, 3.8) is 0 Å². The van der Waals surface area contributed by atoms with Crippen LogP contribution in [0.4, 0.5) is 0 Å². The molecule has 150 valence electrons. The van der Waals surface area contributed by atoms with Crippen LogP contribution in [-0.4, -0.2) is 71.5 Å². The summed E-state index contributed by atoms with van der Waals surface area (Å²) in [5, 5.41) is 16.2. The van der Waals surface area contributed by atoms with Crippen molar-refractivity contribution in [1.82, 2.24) is 16.0 Å². The number of thiol groups is 2. The Kier molecular flexibility index (Phi) is 12.9. The number of nitrogens with one attached hydrogen (secondary N) is 3. The Labute approximate surface area is 163 Å². The highest BCUT2D eigenvalue weighted by Gasteiger charge is 2.28. The zero-order valence-electron chi connectivity index (χ0n) is 14.3. The predicted octanol–water partition coefficient (Wildman–Crippen LogP) is -2.53. The minimum absolute atomic E-state index is 0.00308. The van der Waals surface area contributed by atoms with Gasteiger partial charge < -0.3 is 32.5 Å². The molecular formula is C14H27N5O5S2. The van der Waals surface area contributed by atoms with Crippen LogP contribution in [0.25, 0.3) is 0 Å². The second-order valence-corrected chi connectivity index (χ2v) is 6.16. The van der Waals surface area contributed by atoms with Crippen molar-refractivity contribution in [2.75, 3.05) is 24.6 Å². The summed E-state index contributed by atoms with van der Waals surface area (Å²) in [7, 11) is 0. The number of carboxylic acid groups (broad SMARTS) is 1. The quantitative estimate of drug-likeness (QED) is 0.122. The lowest BCUT2D eigenvalue weighted by Gasteiger charge is -2.23. The van der Waals surface area contributed by atoms with Gasteiger partial charge in [0, 0.05) is 11.5 Å². The van der Waals surface area contributed by atoms with Gasteiger partial charge in [0.25, 0.3) is 0 Å². The molecule has 0 bridgehead atoms. The summed E-state index contributed by atoms with van der Waals surface area (Å²) in [4.78, 5) is 47.1. The summed E-state index contributed by atoms with van der Waals surface area (Å²) in [6.07, 6.45) is 1.44. The number of carbonyl (C=O) groups is 4. The molecule has 0 heterocycles. The van der Waals surface area contributed by atoms with Gasteiger partial charge in [-0.05, 0) is 25.8 Å². The Bertz CT molecular complexity index is 494. The van der Waals surface area contributed by atoms with Gasteiger partial charge in [0.2, 0.25) is 17.7 Å². The van der Waals surface area contributed by atoms with Gasteiger partial charge in [-0.3, -0.25) is 14.4 Å². The fraction of sp³-hybridized carbons (Fsp3) is 0.714. The molecule has 0 aliphatic carbocycles. The lowest BCUT2D eigenvalue weighted by Crippen LogP contribution is -2.56. The number of hydrogen-bond donors (Lipinski definition) is 8. The molecule has 0 aromatic carbocycles. The van der Waals surface area contributed by atoms with Crippen molar-refractivity contribution >= 4 is 48.9 Å². The summed E-state index contributed by atoms with van der Waals surface area (Å²) in [5.74, 6) is -3.14. The van der Waals surface area contributed by atoms with E-state index in [1.54, 1.807) is 0 Å². The number of aliphatic carboxylic acids is 1. The van der Waals surface area contributed by atoms with Crippen LogP contribution < -0.4 is 27.4 Å². The van der Waals surface area contributed by atoms with Crippen molar-refractivity contribution in [1.29, 1.82) is 0 Å². The van der Waals surface area contributed by atoms with Crippen LogP contribution in [0, 0.1) is 0 Å². The number of amides is 3. The Balaban J connectivity index is 5.04. The summed E-state index contributed by atoms with van der Waals surface area (Å²) >= 11 is 7.89. The van der Waals surface area contributed by atoms with Crippen molar-refractivity contribution < 1.29 is 24.3 Å². The molecule has 8 N–H and O–H groups in total. The standard InChI is InChI=1S/C14H27N5O5S2/c15-4-2-1-3-8(12(21)19-10(7-26)14(23)24)18-13(22)9(6-25)17-11(20)5-16/h8-10,25-26H,1-7,15-16H2,(H,17,20)(H,18,22)(H,19,21)(H,23,24). The van der Waals surface area contributed by atoms with E-state index in [-0.39, 0.29) is 24.5 Å². The lowest BCUT2D eigenvalue weighted by molar-refractivity contribution is -0.141. The van der Waals surface area contributed by atoms with Crippen LogP contribution in [0.3, 0.4) is 0 Å². The zero-order valence-corrected chi connectivity index (χ0v) is 16.1. The highest BCUT2D eigenvalue weighted by Crippen LogP contribution is 2.03. The third-order valence-electron chi connectivity index (χ3n) is 3.40. The number of carbonyl (C=O) groups excluding carboxylic acids is 3. The van der Waals surface area contributed by atoms with Gasteiger partial charge in [0.05, 0.1) is 6.54 Å². The molecule has 12 heteroatoms. The molecule has 3 atom stereocenters. The fourth-order valence-electron chi connectivity index (χ4n) is 1.94. The van der Waals surface area contributed by atoms with Gasteiger partial charge >= 0.3 is 5.97 Å². The molecule has 0 fully saturated rings. The minimum Gasteiger partial charge on any atom is -0.480 e. The zero-order chi connectivity index (χ0) is 20.1. The van der Waals surface area contributed by atoms with Crippen LogP contribution in [0.5, 0.6) is 0 Å². The number of carboxylic acids is 1. The van der Waals surface area contributed by atoms with Crippen molar-refractivity contribution in [3.05, 3.63) is 0 Å². The molecule has 0 rings (SSSR count). The highest BCUT2D eigenvalue weighted by molar-refractivity contribution is 7.80. The fourth-order valence-corrected chi connectivity index (χ4v) is 2.44. The van der Waals surface area contributed by atoms with Crippen molar-refractivity contribution in [3.8, 4) is 0 Å². The molecule has 0 aromatic heterocycles. The monoisotopic (exact) mass is 409 g/mol. The number of nitrogens with two attached hydrogens (primary N) is 2. The van der Waals surface area contributed by atoms with E-state index in [1.807, 2.05) is 0 Å². The second kappa shape index (κ2) is 13.7. The molecule has 3 amide bonds. The third kappa shape index (κ3) is 9.27. The van der Waals surface area contributed by atoms with Gasteiger partial charge in [-0.1, -0.05) is 0 Å². The summed E-state index contributed by atoms with van der Waals surface area (Å²) in [5.41, 5.74) is 10.6. The maximum atomic E-state index is 12.4. The smallest absolute Gasteiger partial charge is 0.327 e. The van der Waals surface area contributed by atoms with Crippen molar-refractivity contribution in [2.45, 2.75) is 37.4 Å². The molecular weight excluding hydrogens is 382 g/mol. The SMILES string of the molecule is NCCCCC(NC(=O)C(CS)NC(=O)CN)C(=O)NC(CS)C(=O)O. The van der Waals surface area contributed by atoms with E-state index in [0.717, 1.165) is 0 Å². The maximum Gasteiger partial charge on any atom is 0.327 e. The lowest BCUT2D eigenvalue weighted by atomic mass is 10.1. The topological polar surface area (TPSA) is 177 Å². The molecule has 0 spiro atoms. The molecule has 0 radical (unpaired) electrons. The number of rotatable bonds is 13. The second-order valence-electron chi connectivity index (χ2n) is 5.43. The third-order valence-corrected chi connectivity index (χ3v) is 4.13. The molecule has 0 saturated heterocycles. The summed E-state index contributed by atoms with van der Waals surface area (Å²) in [6.45, 7) is 0.128. The van der Waals surface area contributed by atoms with Crippen LogP contribution >= 0.6 is 25.3 Å². The largest absolute Gasteiger partial charge is 0.480 e. The van der Waals surface area contributed by atoms with Crippen molar-refractivity contribution in [2.24, 2.45) is 11.5 Å². The van der Waals surface area contributed by atoms with Crippen LogP contribution in [0.1, 0.15) is 19.3 Å². The van der Waals surface area contributed by atoms with E-state index < -0.39 is 41.8 Å². The molecule has 10 nitrogen and oxygen atoms in total. The molecule has 0 saturated carbocycles. The minimum atomic E-state index is -1.23. The maximum absolute atomic E-state index is 12.4. The first-order valence-corrected chi connectivity index (χ1v) is 9.31. The first kappa shape index (κ1) is 24.5. The van der Waals surface area contributed by atoms with Gasteiger partial charge in [0.1, 0.15) is 18.1 Å². The Morgan fingerprint density at radius 2 is 1.38 bits per heavy atom. The van der Waals surface area contributed by atoms with Gasteiger partial charge in [-0.25, -0.2) is 4.79 Å². The van der Waals surface area contributed by atoms with Crippen LogP contribution in [-0.2, 0) is 19.2 Å². The molecule has 0 aliphatic heterocycles. The average molecular weight is 410 g/mol. The van der Waals surface area contributed by atoms with Gasteiger partial charge in [-0.2, -0.15) is 25.3 Å². The van der Waals surface area contributed by atoms with E-state index in [4.69, 9.17) is 16.6 Å². The van der Waals surface area contributed by atoms with E-state index >= 15 is 0 Å².